The number of rotatable bonds is 4. The third kappa shape index (κ3) is 4.44. The number of nitrogens with one attached hydrogen (secondary N) is 1. The van der Waals surface area contributed by atoms with Crippen LogP contribution in [0.15, 0.2) is 53.0 Å². The van der Waals surface area contributed by atoms with E-state index in [-0.39, 0.29) is 5.91 Å². The highest BCUT2D eigenvalue weighted by atomic mass is 35.5. The van der Waals surface area contributed by atoms with E-state index in [1.165, 1.54) is 11.6 Å². The number of benzene rings is 2. The molecule has 0 fully saturated rings. The SMILES string of the molecule is Cc1cc(C)c(NC(=O)C=Cc2ccc(-c3cccc(Cl)c3Cl)o2)c(C)c1. The zero-order valence-electron chi connectivity index (χ0n) is 15.3. The number of hydrogen-bond donors (Lipinski definition) is 1. The minimum Gasteiger partial charge on any atom is -0.457 e. The lowest BCUT2D eigenvalue weighted by Gasteiger charge is -2.11. The zero-order valence-corrected chi connectivity index (χ0v) is 16.8. The van der Waals surface area contributed by atoms with Gasteiger partial charge in [-0.1, -0.05) is 47.0 Å². The van der Waals surface area contributed by atoms with Gasteiger partial charge in [-0.3, -0.25) is 4.79 Å². The molecule has 0 spiro atoms. The third-order valence-electron chi connectivity index (χ3n) is 4.17. The molecule has 1 heterocycles. The van der Waals surface area contributed by atoms with Gasteiger partial charge in [-0.15, -0.1) is 0 Å². The van der Waals surface area contributed by atoms with Crippen LogP contribution in [-0.4, -0.2) is 5.91 Å². The highest BCUT2D eigenvalue weighted by Crippen LogP contribution is 2.34. The number of carbonyl (C=O) groups excluding carboxylic acids is 1. The molecule has 0 radical (unpaired) electrons. The summed E-state index contributed by atoms with van der Waals surface area (Å²) in [5, 5.41) is 3.83. The fourth-order valence-electron chi connectivity index (χ4n) is 2.98. The van der Waals surface area contributed by atoms with Gasteiger partial charge in [0, 0.05) is 17.3 Å². The van der Waals surface area contributed by atoms with Gasteiger partial charge in [0.15, 0.2) is 0 Å². The predicted molar refractivity (Wildman–Crippen MR) is 112 cm³/mol. The largest absolute Gasteiger partial charge is 0.457 e. The van der Waals surface area contributed by atoms with Crippen LogP contribution in [0.1, 0.15) is 22.5 Å². The standard InChI is InChI=1S/C22H19Cl2NO2/c1-13-11-14(2)22(15(3)12-13)25-20(26)10-8-16-7-9-19(27-16)17-5-4-6-18(23)21(17)24/h4-12H,1-3H3,(H,25,26). The zero-order chi connectivity index (χ0) is 19.6. The number of amides is 1. The van der Waals surface area contributed by atoms with Crippen LogP contribution in [0.2, 0.25) is 10.0 Å². The number of anilines is 1. The molecule has 5 heteroatoms. The number of aryl methyl sites for hydroxylation is 3. The molecule has 0 bridgehead atoms. The topological polar surface area (TPSA) is 42.2 Å². The summed E-state index contributed by atoms with van der Waals surface area (Å²) in [6, 6.07) is 13.0. The average molecular weight is 400 g/mol. The van der Waals surface area contributed by atoms with E-state index in [1.807, 2.05) is 39.0 Å². The molecule has 0 atom stereocenters. The van der Waals surface area contributed by atoms with Crippen molar-refractivity contribution in [2.45, 2.75) is 20.8 Å². The number of furan rings is 1. The van der Waals surface area contributed by atoms with Crippen molar-refractivity contribution >= 4 is 40.9 Å². The van der Waals surface area contributed by atoms with Crippen LogP contribution in [0.3, 0.4) is 0 Å². The third-order valence-corrected chi connectivity index (χ3v) is 4.99. The van der Waals surface area contributed by atoms with Crippen LogP contribution in [-0.2, 0) is 4.79 Å². The average Bonchev–Trinajstić information content (AvgIpc) is 3.07. The molecule has 0 aliphatic rings. The van der Waals surface area contributed by atoms with Crippen molar-refractivity contribution in [2.24, 2.45) is 0 Å². The van der Waals surface area contributed by atoms with Crippen molar-refractivity contribution in [1.29, 1.82) is 0 Å². The molecule has 0 aliphatic heterocycles. The monoisotopic (exact) mass is 399 g/mol. The molecule has 2 aromatic carbocycles. The number of hydrogen-bond acceptors (Lipinski definition) is 2. The van der Waals surface area contributed by atoms with E-state index >= 15 is 0 Å². The van der Waals surface area contributed by atoms with E-state index < -0.39 is 0 Å². The van der Waals surface area contributed by atoms with E-state index in [0.717, 1.165) is 16.8 Å². The Kier molecular flexibility index (Phi) is 5.73. The molecule has 3 aromatic rings. The van der Waals surface area contributed by atoms with Crippen LogP contribution < -0.4 is 5.32 Å². The maximum absolute atomic E-state index is 12.3. The van der Waals surface area contributed by atoms with E-state index in [0.29, 0.717) is 27.1 Å². The normalized spacial score (nSPS) is 11.1. The van der Waals surface area contributed by atoms with Gasteiger partial charge < -0.3 is 9.73 Å². The lowest BCUT2D eigenvalue weighted by Crippen LogP contribution is -2.10. The molecular weight excluding hydrogens is 381 g/mol. The van der Waals surface area contributed by atoms with Crippen molar-refractivity contribution < 1.29 is 9.21 Å². The molecule has 1 N–H and O–H groups in total. The highest BCUT2D eigenvalue weighted by Gasteiger charge is 2.11. The van der Waals surface area contributed by atoms with Crippen molar-refractivity contribution in [3.63, 3.8) is 0 Å². The minimum atomic E-state index is -0.219. The molecule has 0 unspecified atom stereocenters. The molecule has 3 rings (SSSR count). The molecule has 0 aliphatic carbocycles. The Balaban J connectivity index is 1.75. The first-order valence-electron chi connectivity index (χ1n) is 8.46. The molecule has 1 aromatic heterocycles. The van der Waals surface area contributed by atoms with Crippen molar-refractivity contribution in [3.8, 4) is 11.3 Å². The Morgan fingerprint density at radius 2 is 1.74 bits per heavy atom. The van der Waals surface area contributed by atoms with Crippen LogP contribution in [0.5, 0.6) is 0 Å². The maximum atomic E-state index is 12.3. The summed E-state index contributed by atoms with van der Waals surface area (Å²) < 4.78 is 5.76. The van der Waals surface area contributed by atoms with Crippen LogP contribution in [0, 0.1) is 20.8 Å². The summed E-state index contributed by atoms with van der Waals surface area (Å²) in [5.41, 5.74) is 4.77. The smallest absolute Gasteiger partial charge is 0.248 e. The highest BCUT2D eigenvalue weighted by molar-refractivity contribution is 6.43. The van der Waals surface area contributed by atoms with Gasteiger partial charge in [-0.2, -0.15) is 0 Å². The second-order valence-corrected chi connectivity index (χ2v) is 7.18. The van der Waals surface area contributed by atoms with E-state index in [9.17, 15) is 4.79 Å². The van der Waals surface area contributed by atoms with Crippen molar-refractivity contribution in [2.75, 3.05) is 5.32 Å². The fraction of sp³-hybridized carbons (Fsp3) is 0.136. The van der Waals surface area contributed by atoms with Crippen LogP contribution >= 0.6 is 23.2 Å². The summed E-state index contributed by atoms with van der Waals surface area (Å²) in [6.45, 7) is 5.99. The first kappa shape index (κ1) is 19.3. The molecular formula is C22H19Cl2NO2. The quantitative estimate of drug-likeness (QED) is 0.488. The second kappa shape index (κ2) is 8.03. The summed E-state index contributed by atoms with van der Waals surface area (Å²) in [5.74, 6) is 0.921. The van der Waals surface area contributed by atoms with Gasteiger partial charge in [0.1, 0.15) is 11.5 Å². The first-order chi connectivity index (χ1) is 12.8. The van der Waals surface area contributed by atoms with Crippen molar-refractivity contribution in [1.82, 2.24) is 0 Å². The van der Waals surface area contributed by atoms with Gasteiger partial charge in [-0.05, 0) is 62.2 Å². The lowest BCUT2D eigenvalue weighted by molar-refractivity contribution is -0.111. The molecule has 1 amide bonds. The van der Waals surface area contributed by atoms with Gasteiger partial charge in [-0.25, -0.2) is 0 Å². The van der Waals surface area contributed by atoms with Gasteiger partial charge in [0.2, 0.25) is 5.91 Å². The fourth-order valence-corrected chi connectivity index (χ4v) is 3.37. The second-order valence-electron chi connectivity index (χ2n) is 6.40. The van der Waals surface area contributed by atoms with E-state index in [4.69, 9.17) is 27.6 Å². The van der Waals surface area contributed by atoms with E-state index in [1.54, 1.807) is 30.3 Å². The molecule has 0 saturated heterocycles. The Bertz CT molecular complexity index is 1010. The Morgan fingerprint density at radius 1 is 1.04 bits per heavy atom. The molecule has 138 valence electrons. The first-order valence-corrected chi connectivity index (χ1v) is 9.22. The van der Waals surface area contributed by atoms with Crippen LogP contribution in [0.25, 0.3) is 17.4 Å². The summed E-state index contributed by atoms with van der Waals surface area (Å²) >= 11 is 12.3. The van der Waals surface area contributed by atoms with Gasteiger partial charge in [0.05, 0.1) is 10.0 Å². The van der Waals surface area contributed by atoms with E-state index in [2.05, 4.69) is 5.32 Å². The van der Waals surface area contributed by atoms with Gasteiger partial charge in [0.25, 0.3) is 0 Å². The maximum Gasteiger partial charge on any atom is 0.248 e. The number of carbonyl (C=O) groups is 1. The molecule has 27 heavy (non-hydrogen) atoms. The summed E-state index contributed by atoms with van der Waals surface area (Å²) in [4.78, 5) is 12.3. The predicted octanol–water partition coefficient (Wildman–Crippen LogP) is 6.83. The molecule has 3 nitrogen and oxygen atoms in total. The van der Waals surface area contributed by atoms with Crippen molar-refractivity contribution in [3.05, 3.63) is 81.0 Å². The number of halogens is 2. The lowest BCUT2D eigenvalue weighted by atomic mass is 10.1. The Morgan fingerprint density at radius 3 is 2.44 bits per heavy atom. The molecule has 0 saturated carbocycles. The summed E-state index contributed by atoms with van der Waals surface area (Å²) in [6.07, 6.45) is 3.07. The van der Waals surface area contributed by atoms with Crippen LogP contribution in [0.4, 0.5) is 5.69 Å². The Hall–Kier alpha value is -2.49. The summed E-state index contributed by atoms with van der Waals surface area (Å²) in [7, 11) is 0. The minimum absolute atomic E-state index is 0.219. The Labute approximate surface area is 168 Å². The van der Waals surface area contributed by atoms with Gasteiger partial charge >= 0.3 is 0 Å².